The predicted molar refractivity (Wildman–Crippen MR) is 63.1 cm³/mol. The maximum absolute atomic E-state index is 11.2. The predicted octanol–water partition coefficient (Wildman–Crippen LogP) is 0.986. The largest absolute Gasteiger partial charge is 0.492 e. The van der Waals surface area contributed by atoms with Gasteiger partial charge in [-0.3, -0.25) is 4.79 Å². The fraction of sp³-hybridized carbons (Fsp3) is 0.250. The molecule has 0 aliphatic heterocycles. The van der Waals surface area contributed by atoms with Gasteiger partial charge in [0.05, 0.1) is 6.42 Å². The molecule has 0 saturated heterocycles. The average molecular weight is 218 g/mol. The van der Waals surface area contributed by atoms with Crippen molar-refractivity contribution in [1.29, 1.82) is 0 Å². The minimum atomic E-state index is -0.210. The van der Waals surface area contributed by atoms with E-state index in [-0.39, 0.29) is 12.3 Å². The molecule has 1 aromatic carbocycles. The molecule has 84 valence electrons. The third-order valence-corrected chi connectivity index (χ3v) is 1.77. The maximum Gasteiger partial charge on any atom is 0.236 e. The van der Waals surface area contributed by atoms with Crippen LogP contribution in [0.15, 0.2) is 24.3 Å². The molecule has 1 amide bonds. The van der Waals surface area contributed by atoms with E-state index in [1.54, 1.807) is 24.3 Å². The Labute approximate surface area is 94.8 Å². The summed E-state index contributed by atoms with van der Waals surface area (Å²) in [6.07, 6.45) is 5.09. The molecule has 1 aromatic rings. The second-order valence-corrected chi connectivity index (χ2v) is 3.09. The molecule has 0 atom stereocenters. The molecule has 0 aliphatic rings. The fourth-order valence-electron chi connectivity index (χ4n) is 1.14. The molecule has 0 saturated carbocycles. The lowest BCUT2D eigenvalue weighted by Crippen LogP contribution is -2.12. The lowest BCUT2D eigenvalue weighted by atomic mass is 10.3. The number of rotatable bonds is 5. The molecule has 4 heteroatoms. The molecule has 0 radical (unpaired) electrons. The Hall–Kier alpha value is -1.99. The number of carbonyl (C=O) groups is 1. The van der Waals surface area contributed by atoms with Crippen molar-refractivity contribution in [3.8, 4) is 18.1 Å². The SMILES string of the molecule is C#CCC(=O)Nc1cccc(OCCN)c1. The summed E-state index contributed by atoms with van der Waals surface area (Å²) in [5.41, 5.74) is 5.98. The lowest BCUT2D eigenvalue weighted by molar-refractivity contribution is -0.115. The number of carbonyl (C=O) groups excluding carboxylic acids is 1. The average Bonchev–Trinajstić information content (AvgIpc) is 2.27. The van der Waals surface area contributed by atoms with Crippen LogP contribution in [0.2, 0.25) is 0 Å². The standard InChI is InChI=1S/C12H14N2O2/c1-2-4-12(15)14-10-5-3-6-11(9-10)16-8-7-13/h1,3,5-6,9H,4,7-8,13H2,(H,14,15). The van der Waals surface area contributed by atoms with Crippen LogP contribution in [0.5, 0.6) is 5.75 Å². The molecule has 4 nitrogen and oxygen atoms in total. The third kappa shape index (κ3) is 4.03. The van der Waals surface area contributed by atoms with Crippen LogP contribution in [-0.4, -0.2) is 19.1 Å². The summed E-state index contributed by atoms with van der Waals surface area (Å²) >= 11 is 0. The van der Waals surface area contributed by atoms with Crippen molar-refractivity contribution in [2.24, 2.45) is 5.73 Å². The summed E-state index contributed by atoms with van der Waals surface area (Å²) in [5.74, 6) is 2.74. The van der Waals surface area contributed by atoms with E-state index < -0.39 is 0 Å². The van der Waals surface area contributed by atoms with Gasteiger partial charge >= 0.3 is 0 Å². The number of amides is 1. The topological polar surface area (TPSA) is 64.3 Å². The van der Waals surface area contributed by atoms with E-state index in [1.165, 1.54) is 0 Å². The van der Waals surface area contributed by atoms with Crippen LogP contribution in [0.4, 0.5) is 5.69 Å². The number of benzene rings is 1. The zero-order valence-corrected chi connectivity index (χ0v) is 8.90. The Morgan fingerprint density at radius 1 is 1.56 bits per heavy atom. The van der Waals surface area contributed by atoms with Gasteiger partial charge in [0.25, 0.3) is 0 Å². The highest BCUT2D eigenvalue weighted by molar-refractivity contribution is 5.92. The van der Waals surface area contributed by atoms with Crippen LogP contribution in [0.1, 0.15) is 6.42 Å². The Bertz CT molecular complexity index is 396. The van der Waals surface area contributed by atoms with E-state index in [9.17, 15) is 4.79 Å². The Balaban J connectivity index is 2.60. The Morgan fingerprint density at radius 3 is 3.06 bits per heavy atom. The van der Waals surface area contributed by atoms with Gasteiger partial charge in [0, 0.05) is 18.3 Å². The van der Waals surface area contributed by atoms with Gasteiger partial charge < -0.3 is 15.8 Å². The van der Waals surface area contributed by atoms with Gasteiger partial charge in [-0.1, -0.05) is 12.0 Å². The second-order valence-electron chi connectivity index (χ2n) is 3.09. The molecule has 16 heavy (non-hydrogen) atoms. The minimum absolute atomic E-state index is 0.0634. The van der Waals surface area contributed by atoms with Crippen LogP contribution < -0.4 is 15.8 Å². The highest BCUT2D eigenvalue weighted by atomic mass is 16.5. The quantitative estimate of drug-likeness (QED) is 0.724. The molecular formula is C12H14N2O2. The van der Waals surface area contributed by atoms with E-state index in [4.69, 9.17) is 16.9 Å². The number of nitrogens with two attached hydrogens (primary N) is 1. The number of hydrogen-bond donors (Lipinski definition) is 2. The molecule has 0 heterocycles. The van der Waals surface area contributed by atoms with E-state index in [0.29, 0.717) is 24.6 Å². The summed E-state index contributed by atoms with van der Waals surface area (Å²) in [6, 6.07) is 7.08. The Morgan fingerprint density at radius 2 is 2.38 bits per heavy atom. The van der Waals surface area contributed by atoms with Gasteiger partial charge in [0.15, 0.2) is 0 Å². The van der Waals surface area contributed by atoms with Crippen LogP contribution in [0.25, 0.3) is 0 Å². The number of ether oxygens (including phenoxy) is 1. The molecule has 0 bridgehead atoms. The van der Waals surface area contributed by atoms with Gasteiger partial charge in [0.2, 0.25) is 5.91 Å². The molecule has 0 aliphatic carbocycles. The van der Waals surface area contributed by atoms with E-state index >= 15 is 0 Å². The zero-order chi connectivity index (χ0) is 11.8. The first-order chi connectivity index (χ1) is 7.76. The molecule has 0 aromatic heterocycles. The fourth-order valence-corrected chi connectivity index (χ4v) is 1.14. The van der Waals surface area contributed by atoms with Crippen molar-refractivity contribution in [3.05, 3.63) is 24.3 Å². The van der Waals surface area contributed by atoms with Crippen molar-refractivity contribution >= 4 is 11.6 Å². The molecule has 1 rings (SSSR count). The first-order valence-electron chi connectivity index (χ1n) is 4.92. The van der Waals surface area contributed by atoms with Gasteiger partial charge in [-0.2, -0.15) is 0 Å². The monoisotopic (exact) mass is 218 g/mol. The molecule has 0 unspecified atom stereocenters. The second kappa shape index (κ2) is 6.49. The zero-order valence-electron chi connectivity index (χ0n) is 8.90. The van der Waals surface area contributed by atoms with E-state index in [0.717, 1.165) is 0 Å². The summed E-state index contributed by atoms with van der Waals surface area (Å²) in [5, 5.41) is 2.67. The first-order valence-corrected chi connectivity index (χ1v) is 4.92. The van der Waals surface area contributed by atoms with Gasteiger partial charge in [-0.15, -0.1) is 6.42 Å². The highest BCUT2D eigenvalue weighted by Gasteiger charge is 2.01. The van der Waals surface area contributed by atoms with Crippen molar-refractivity contribution in [2.75, 3.05) is 18.5 Å². The summed E-state index contributed by atoms with van der Waals surface area (Å²) in [4.78, 5) is 11.2. The smallest absolute Gasteiger partial charge is 0.236 e. The van der Waals surface area contributed by atoms with Crippen molar-refractivity contribution in [3.63, 3.8) is 0 Å². The van der Waals surface area contributed by atoms with Crippen LogP contribution >= 0.6 is 0 Å². The van der Waals surface area contributed by atoms with E-state index in [2.05, 4.69) is 11.2 Å². The minimum Gasteiger partial charge on any atom is -0.492 e. The molecule has 0 fully saturated rings. The van der Waals surface area contributed by atoms with Crippen LogP contribution in [0.3, 0.4) is 0 Å². The summed E-state index contributed by atoms with van der Waals surface area (Å²) in [6.45, 7) is 0.898. The first kappa shape index (κ1) is 12.1. The van der Waals surface area contributed by atoms with Crippen molar-refractivity contribution in [1.82, 2.24) is 0 Å². The van der Waals surface area contributed by atoms with Crippen molar-refractivity contribution in [2.45, 2.75) is 6.42 Å². The number of nitrogens with one attached hydrogen (secondary N) is 1. The third-order valence-electron chi connectivity index (χ3n) is 1.77. The van der Waals surface area contributed by atoms with Crippen LogP contribution in [0, 0.1) is 12.3 Å². The van der Waals surface area contributed by atoms with E-state index in [1.807, 2.05) is 0 Å². The van der Waals surface area contributed by atoms with Crippen molar-refractivity contribution < 1.29 is 9.53 Å². The highest BCUT2D eigenvalue weighted by Crippen LogP contribution is 2.17. The summed E-state index contributed by atoms with van der Waals surface area (Å²) in [7, 11) is 0. The molecular weight excluding hydrogens is 204 g/mol. The van der Waals surface area contributed by atoms with Gasteiger partial charge in [-0.05, 0) is 12.1 Å². The summed E-state index contributed by atoms with van der Waals surface area (Å²) < 4.78 is 5.32. The number of hydrogen-bond acceptors (Lipinski definition) is 3. The van der Waals surface area contributed by atoms with Crippen LogP contribution in [-0.2, 0) is 4.79 Å². The maximum atomic E-state index is 11.2. The number of anilines is 1. The Kier molecular flexibility index (Phi) is 4.90. The lowest BCUT2D eigenvalue weighted by Gasteiger charge is -2.07. The normalized spacial score (nSPS) is 9.25. The van der Waals surface area contributed by atoms with Gasteiger partial charge in [0.1, 0.15) is 12.4 Å². The molecule has 3 N–H and O–H groups in total. The van der Waals surface area contributed by atoms with Gasteiger partial charge in [-0.25, -0.2) is 0 Å². The molecule has 0 spiro atoms. The number of terminal acetylenes is 1.